The first-order valence-corrected chi connectivity index (χ1v) is 7.72. The predicted molar refractivity (Wildman–Crippen MR) is 80.1 cm³/mol. The molecule has 1 rings (SSSR count). The molecular formula is C15H33N3. The van der Waals surface area contributed by atoms with Crippen LogP contribution in [0, 0.1) is 0 Å². The smallest absolute Gasteiger partial charge is 0.0195 e. The van der Waals surface area contributed by atoms with Crippen LogP contribution in [0.25, 0.3) is 0 Å². The molecule has 0 amide bonds. The van der Waals surface area contributed by atoms with E-state index in [2.05, 4.69) is 49.9 Å². The second-order valence-corrected chi connectivity index (χ2v) is 6.12. The topological polar surface area (TPSA) is 18.5 Å². The van der Waals surface area contributed by atoms with E-state index in [1.54, 1.807) is 0 Å². The van der Waals surface area contributed by atoms with Crippen LogP contribution in [0.2, 0.25) is 0 Å². The fraction of sp³-hybridized carbons (Fsp3) is 1.00. The summed E-state index contributed by atoms with van der Waals surface area (Å²) in [6.45, 7) is 14.1. The second kappa shape index (κ2) is 8.13. The minimum Gasteiger partial charge on any atom is -0.314 e. The van der Waals surface area contributed by atoms with Crippen LogP contribution in [0.3, 0.4) is 0 Å². The third kappa shape index (κ3) is 5.25. The van der Waals surface area contributed by atoms with Crippen molar-refractivity contribution in [2.75, 3.05) is 33.2 Å². The van der Waals surface area contributed by atoms with E-state index in [1.165, 1.54) is 38.9 Å². The van der Waals surface area contributed by atoms with Crippen LogP contribution in [-0.4, -0.2) is 61.2 Å². The van der Waals surface area contributed by atoms with Gasteiger partial charge in [-0.05, 0) is 60.2 Å². The van der Waals surface area contributed by atoms with Gasteiger partial charge in [0.1, 0.15) is 0 Å². The van der Waals surface area contributed by atoms with Gasteiger partial charge in [-0.3, -0.25) is 4.90 Å². The van der Waals surface area contributed by atoms with Crippen LogP contribution in [-0.2, 0) is 0 Å². The quantitative estimate of drug-likeness (QED) is 0.752. The maximum Gasteiger partial charge on any atom is 0.0195 e. The average Bonchev–Trinajstić information content (AvgIpc) is 2.33. The Morgan fingerprint density at radius 2 is 1.83 bits per heavy atom. The Morgan fingerprint density at radius 1 is 1.22 bits per heavy atom. The highest BCUT2D eigenvalue weighted by molar-refractivity contribution is 4.82. The van der Waals surface area contributed by atoms with Crippen molar-refractivity contribution in [2.24, 2.45) is 0 Å². The number of nitrogens with zero attached hydrogens (tertiary/aromatic N) is 2. The SMILES string of the molecule is CCCNC(C)CCCN1CC(C)N(C)C(C)C1. The number of likely N-dealkylation sites (N-methyl/N-ethyl adjacent to an activating group) is 1. The van der Waals surface area contributed by atoms with E-state index >= 15 is 0 Å². The molecule has 108 valence electrons. The Kier molecular flexibility index (Phi) is 7.20. The van der Waals surface area contributed by atoms with Gasteiger partial charge in [-0.25, -0.2) is 0 Å². The van der Waals surface area contributed by atoms with Crippen molar-refractivity contribution in [3.05, 3.63) is 0 Å². The van der Waals surface area contributed by atoms with Crippen molar-refractivity contribution in [1.82, 2.24) is 15.1 Å². The van der Waals surface area contributed by atoms with Gasteiger partial charge >= 0.3 is 0 Å². The zero-order chi connectivity index (χ0) is 13.5. The van der Waals surface area contributed by atoms with E-state index in [-0.39, 0.29) is 0 Å². The number of nitrogens with one attached hydrogen (secondary N) is 1. The van der Waals surface area contributed by atoms with Crippen molar-refractivity contribution in [3.63, 3.8) is 0 Å². The summed E-state index contributed by atoms with van der Waals surface area (Å²) in [7, 11) is 2.25. The summed E-state index contributed by atoms with van der Waals surface area (Å²) in [4.78, 5) is 5.14. The molecule has 1 N–H and O–H groups in total. The van der Waals surface area contributed by atoms with Gasteiger partial charge in [0.05, 0.1) is 0 Å². The van der Waals surface area contributed by atoms with E-state index < -0.39 is 0 Å². The van der Waals surface area contributed by atoms with Gasteiger partial charge in [0.2, 0.25) is 0 Å². The second-order valence-electron chi connectivity index (χ2n) is 6.12. The standard InChI is InChI=1S/C15H33N3/c1-6-9-16-13(2)8-7-10-18-11-14(3)17(5)15(4)12-18/h13-16H,6-12H2,1-5H3. The summed E-state index contributed by atoms with van der Waals surface area (Å²) in [5, 5.41) is 3.57. The van der Waals surface area contributed by atoms with Gasteiger partial charge < -0.3 is 10.2 Å². The highest BCUT2D eigenvalue weighted by Crippen LogP contribution is 2.14. The molecule has 1 saturated heterocycles. The number of rotatable bonds is 7. The van der Waals surface area contributed by atoms with Gasteiger partial charge in [0.15, 0.2) is 0 Å². The lowest BCUT2D eigenvalue weighted by molar-refractivity contribution is 0.0588. The zero-order valence-electron chi connectivity index (χ0n) is 13.1. The van der Waals surface area contributed by atoms with Crippen molar-refractivity contribution in [2.45, 2.75) is 65.1 Å². The molecule has 0 aromatic heterocycles. The van der Waals surface area contributed by atoms with E-state index in [0.29, 0.717) is 18.1 Å². The lowest BCUT2D eigenvalue weighted by Gasteiger charge is -2.42. The highest BCUT2D eigenvalue weighted by Gasteiger charge is 2.25. The molecule has 3 heteroatoms. The molecule has 0 aromatic carbocycles. The van der Waals surface area contributed by atoms with Gasteiger partial charge in [-0.1, -0.05) is 6.92 Å². The lowest BCUT2D eigenvalue weighted by Crippen LogP contribution is -2.55. The summed E-state index contributed by atoms with van der Waals surface area (Å²) < 4.78 is 0. The Balaban J connectivity index is 2.16. The minimum atomic E-state index is 0.673. The van der Waals surface area contributed by atoms with Crippen LogP contribution in [0.4, 0.5) is 0 Å². The van der Waals surface area contributed by atoms with Crippen LogP contribution in [0.5, 0.6) is 0 Å². The first kappa shape index (κ1) is 15.9. The largest absolute Gasteiger partial charge is 0.314 e. The molecule has 1 aliphatic rings. The molecule has 18 heavy (non-hydrogen) atoms. The molecule has 1 aliphatic heterocycles. The maximum absolute atomic E-state index is 3.57. The first-order chi connectivity index (χ1) is 8.54. The van der Waals surface area contributed by atoms with Crippen LogP contribution < -0.4 is 5.32 Å². The number of piperazine rings is 1. The molecule has 1 heterocycles. The Morgan fingerprint density at radius 3 is 2.39 bits per heavy atom. The first-order valence-electron chi connectivity index (χ1n) is 7.72. The summed E-state index contributed by atoms with van der Waals surface area (Å²) in [5.74, 6) is 0. The molecule has 0 spiro atoms. The van der Waals surface area contributed by atoms with Gasteiger partial charge in [0.25, 0.3) is 0 Å². The van der Waals surface area contributed by atoms with E-state index in [9.17, 15) is 0 Å². The minimum absolute atomic E-state index is 0.673. The lowest BCUT2D eigenvalue weighted by atomic mass is 10.1. The third-order valence-corrected chi connectivity index (χ3v) is 4.29. The summed E-state index contributed by atoms with van der Waals surface area (Å²) >= 11 is 0. The molecule has 3 nitrogen and oxygen atoms in total. The molecule has 1 fully saturated rings. The van der Waals surface area contributed by atoms with Crippen molar-refractivity contribution in [1.29, 1.82) is 0 Å². The van der Waals surface area contributed by atoms with E-state index in [1.807, 2.05) is 0 Å². The molecule has 0 aromatic rings. The molecule has 0 bridgehead atoms. The predicted octanol–water partition coefficient (Wildman–Crippen LogP) is 2.18. The summed E-state index contributed by atoms with van der Waals surface area (Å²) in [5.41, 5.74) is 0. The Hall–Kier alpha value is -0.120. The van der Waals surface area contributed by atoms with Crippen LogP contribution in [0.1, 0.15) is 47.0 Å². The fourth-order valence-corrected chi connectivity index (χ4v) is 2.81. The molecule has 0 aliphatic carbocycles. The maximum atomic E-state index is 3.57. The number of hydrogen-bond acceptors (Lipinski definition) is 3. The Labute approximate surface area is 114 Å². The van der Waals surface area contributed by atoms with Crippen molar-refractivity contribution < 1.29 is 0 Å². The normalized spacial score (nSPS) is 28.5. The van der Waals surface area contributed by atoms with E-state index in [0.717, 1.165) is 6.54 Å². The van der Waals surface area contributed by atoms with Crippen molar-refractivity contribution in [3.8, 4) is 0 Å². The highest BCUT2D eigenvalue weighted by atomic mass is 15.3. The van der Waals surface area contributed by atoms with Crippen LogP contribution in [0.15, 0.2) is 0 Å². The monoisotopic (exact) mass is 255 g/mol. The molecule has 0 saturated carbocycles. The summed E-state index contributed by atoms with van der Waals surface area (Å²) in [6.07, 6.45) is 3.86. The summed E-state index contributed by atoms with van der Waals surface area (Å²) in [6, 6.07) is 2.07. The van der Waals surface area contributed by atoms with E-state index in [4.69, 9.17) is 0 Å². The Bertz CT molecular complexity index is 208. The molecule has 0 radical (unpaired) electrons. The van der Waals surface area contributed by atoms with Crippen molar-refractivity contribution >= 4 is 0 Å². The zero-order valence-corrected chi connectivity index (χ0v) is 13.1. The molecule has 3 unspecified atom stereocenters. The van der Waals surface area contributed by atoms with Gasteiger partial charge in [0, 0.05) is 31.2 Å². The average molecular weight is 255 g/mol. The van der Waals surface area contributed by atoms with Crippen LogP contribution >= 0.6 is 0 Å². The molecule has 3 atom stereocenters. The van der Waals surface area contributed by atoms with Gasteiger partial charge in [-0.2, -0.15) is 0 Å². The molecular weight excluding hydrogens is 222 g/mol. The third-order valence-electron chi connectivity index (χ3n) is 4.29. The fourth-order valence-electron chi connectivity index (χ4n) is 2.81. The number of hydrogen-bond donors (Lipinski definition) is 1. The van der Waals surface area contributed by atoms with Gasteiger partial charge in [-0.15, -0.1) is 0 Å².